The highest BCUT2D eigenvalue weighted by Crippen LogP contribution is 2.21. The van der Waals surface area contributed by atoms with Gasteiger partial charge in [0, 0.05) is 18.8 Å². The molecule has 3 rings (SSSR count). The molecule has 0 fully saturated rings. The van der Waals surface area contributed by atoms with E-state index in [1.807, 2.05) is 43.1 Å². The van der Waals surface area contributed by atoms with E-state index >= 15 is 0 Å². The van der Waals surface area contributed by atoms with Crippen LogP contribution in [0.4, 0.5) is 0 Å². The molecule has 0 radical (unpaired) electrons. The van der Waals surface area contributed by atoms with Gasteiger partial charge in [0.1, 0.15) is 5.76 Å². The average Bonchev–Trinajstić information content (AvgIpc) is 3.18. The largest absolute Gasteiger partial charge is 0.459 e. The number of rotatable bonds is 6. The van der Waals surface area contributed by atoms with Gasteiger partial charge in [-0.15, -0.1) is 0 Å². The Bertz CT molecular complexity index is 727. The number of aromatic nitrogens is 3. The van der Waals surface area contributed by atoms with Gasteiger partial charge in [0.05, 0.1) is 24.7 Å². The number of oxazole rings is 1. The van der Waals surface area contributed by atoms with Crippen LogP contribution in [-0.4, -0.2) is 20.8 Å². The number of hydrogen-bond acceptors (Lipinski definition) is 5. The van der Waals surface area contributed by atoms with Gasteiger partial charge in [0.15, 0.2) is 5.76 Å². The summed E-state index contributed by atoms with van der Waals surface area (Å²) in [7, 11) is 0. The maximum atomic E-state index is 5.65. The summed E-state index contributed by atoms with van der Waals surface area (Å²) >= 11 is 0. The highest BCUT2D eigenvalue weighted by Gasteiger charge is 2.14. The number of hydrogen-bond donors (Lipinski definition) is 1. The van der Waals surface area contributed by atoms with Gasteiger partial charge >= 0.3 is 0 Å². The molecule has 0 aliphatic rings. The van der Waals surface area contributed by atoms with Crippen LogP contribution in [0.25, 0.3) is 11.7 Å². The minimum Gasteiger partial charge on any atom is -0.459 e. The minimum absolute atomic E-state index is 0.280. The molecule has 0 amide bonds. The lowest BCUT2D eigenvalue weighted by atomic mass is 10.3. The smallest absolute Gasteiger partial charge is 0.263 e. The number of aryl methyl sites for hydroxylation is 2. The molecular formula is C16H20N4O2. The second kappa shape index (κ2) is 6.19. The van der Waals surface area contributed by atoms with Gasteiger partial charge in [-0.1, -0.05) is 0 Å². The van der Waals surface area contributed by atoms with Crippen molar-refractivity contribution in [3.63, 3.8) is 0 Å². The van der Waals surface area contributed by atoms with Crippen LogP contribution in [0.5, 0.6) is 0 Å². The summed E-state index contributed by atoms with van der Waals surface area (Å²) in [5, 5.41) is 7.74. The Hall–Kier alpha value is -2.34. The fourth-order valence-electron chi connectivity index (χ4n) is 2.28. The highest BCUT2D eigenvalue weighted by molar-refractivity contribution is 5.44. The van der Waals surface area contributed by atoms with Crippen molar-refractivity contribution in [1.82, 2.24) is 20.1 Å². The van der Waals surface area contributed by atoms with Crippen LogP contribution in [0, 0.1) is 13.8 Å². The molecule has 0 aliphatic heterocycles. The van der Waals surface area contributed by atoms with Crippen molar-refractivity contribution in [2.75, 3.05) is 0 Å². The first-order valence-electron chi connectivity index (χ1n) is 7.34. The van der Waals surface area contributed by atoms with E-state index in [-0.39, 0.29) is 6.04 Å². The monoisotopic (exact) mass is 300 g/mol. The lowest BCUT2D eigenvalue weighted by Gasteiger charge is -2.12. The summed E-state index contributed by atoms with van der Waals surface area (Å²) < 4.78 is 12.9. The molecule has 0 saturated heterocycles. The summed E-state index contributed by atoms with van der Waals surface area (Å²) in [6, 6.07) is 3.94. The Labute approximate surface area is 129 Å². The summed E-state index contributed by atoms with van der Waals surface area (Å²) in [6.45, 7) is 7.54. The second-order valence-electron chi connectivity index (χ2n) is 5.52. The summed E-state index contributed by atoms with van der Waals surface area (Å²) in [6.07, 6.45) is 5.51. The molecule has 3 heterocycles. The van der Waals surface area contributed by atoms with Crippen molar-refractivity contribution in [2.45, 2.75) is 39.9 Å². The van der Waals surface area contributed by atoms with Crippen molar-refractivity contribution in [3.05, 3.63) is 47.8 Å². The van der Waals surface area contributed by atoms with Crippen molar-refractivity contribution < 1.29 is 8.83 Å². The van der Waals surface area contributed by atoms with Crippen LogP contribution in [-0.2, 0) is 13.1 Å². The van der Waals surface area contributed by atoms with Gasteiger partial charge in [-0.2, -0.15) is 5.10 Å². The lowest BCUT2D eigenvalue weighted by molar-refractivity contribution is 0.446. The number of furan rings is 1. The van der Waals surface area contributed by atoms with E-state index < -0.39 is 0 Å². The average molecular weight is 300 g/mol. The van der Waals surface area contributed by atoms with Crippen molar-refractivity contribution in [2.24, 2.45) is 0 Å². The van der Waals surface area contributed by atoms with Crippen LogP contribution in [0.2, 0.25) is 0 Å². The molecule has 0 saturated carbocycles. The van der Waals surface area contributed by atoms with Crippen LogP contribution >= 0.6 is 0 Å². The SMILES string of the molecule is Cc1cnn(CC(C)NCc2nc(-c3ccco3)oc2C)c1. The molecule has 1 N–H and O–H groups in total. The quantitative estimate of drug-likeness (QED) is 0.758. The number of nitrogens with zero attached hydrogens (tertiary/aromatic N) is 3. The van der Waals surface area contributed by atoms with Crippen LogP contribution < -0.4 is 5.32 Å². The summed E-state index contributed by atoms with van der Waals surface area (Å²) in [4.78, 5) is 4.49. The van der Waals surface area contributed by atoms with E-state index in [1.165, 1.54) is 5.56 Å². The molecule has 1 atom stereocenters. The molecule has 116 valence electrons. The second-order valence-corrected chi connectivity index (χ2v) is 5.52. The van der Waals surface area contributed by atoms with E-state index in [0.717, 1.165) is 18.0 Å². The van der Waals surface area contributed by atoms with E-state index in [9.17, 15) is 0 Å². The molecule has 0 spiro atoms. The first-order valence-corrected chi connectivity index (χ1v) is 7.34. The topological polar surface area (TPSA) is 69.0 Å². The van der Waals surface area contributed by atoms with Crippen LogP contribution in [0.3, 0.4) is 0 Å². The highest BCUT2D eigenvalue weighted by atomic mass is 16.4. The third-order valence-electron chi connectivity index (χ3n) is 3.47. The molecule has 3 aromatic rings. The van der Waals surface area contributed by atoms with Gasteiger partial charge in [0.25, 0.3) is 5.89 Å². The number of nitrogens with one attached hydrogen (secondary N) is 1. The molecule has 0 aromatic carbocycles. The first kappa shape index (κ1) is 14.6. The predicted molar refractivity (Wildman–Crippen MR) is 82.2 cm³/mol. The van der Waals surface area contributed by atoms with Crippen molar-refractivity contribution in [1.29, 1.82) is 0 Å². The molecule has 6 heteroatoms. The van der Waals surface area contributed by atoms with Gasteiger partial charge in [-0.05, 0) is 38.5 Å². The van der Waals surface area contributed by atoms with Crippen LogP contribution in [0.1, 0.15) is 23.9 Å². The normalized spacial score (nSPS) is 12.7. The fourth-order valence-corrected chi connectivity index (χ4v) is 2.28. The van der Waals surface area contributed by atoms with Crippen molar-refractivity contribution >= 4 is 0 Å². The maximum Gasteiger partial charge on any atom is 0.263 e. The Morgan fingerprint density at radius 2 is 2.23 bits per heavy atom. The molecule has 22 heavy (non-hydrogen) atoms. The fraction of sp³-hybridized carbons (Fsp3) is 0.375. The molecule has 0 aliphatic carbocycles. The molecule has 3 aromatic heterocycles. The lowest BCUT2D eigenvalue weighted by Crippen LogP contribution is -2.30. The molecule has 0 bridgehead atoms. The summed E-state index contributed by atoms with van der Waals surface area (Å²) in [5.41, 5.74) is 2.07. The van der Waals surface area contributed by atoms with Gasteiger partial charge in [-0.3, -0.25) is 4.68 Å². The molecule has 6 nitrogen and oxygen atoms in total. The Morgan fingerprint density at radius 1 is 1.36 bits per heavy atom. The summed E-state index contributed by atoms with van der Waals surface area (Å²) in [5.74, 6) is 1.98. The van der Waals surface area contributed by atoms with Gasteiger partial charge in [0.2, 0.25) is 0 Å². The molecular weight excluding hydrogens is 280 g/mol. The zero-order valence-electron chi connectivity index (χ0n) is 13.0. The van der Waals surface area contributed by atoms with E-state index in [2.05, 4.69) is 22.3 Å². The predicted octanol–water partition coefficient (Wildman–Crippen LogP) is 2.93. The third kappa shape index (κ3) is 3.28. The van der Waals surface area contributed by atoms with Crippen LogP contribution in [0.15, 0.2) is 39.6 Å². The Morgan fingerprint density at radius 3 is 2.91 bits per heavy atom. The Balaban J connectivity index is 1.59. The third-order valence-corrected chi connectivity index (χ3v) is 3.47. The maximum absolute atomic E-state index is 5.65. The van der Waals surface area contributed by atoms with Crippen molar-refractivity contribution in [3.8, 4) is 11.7 Å². The molecule has 1 unspecified atom stereocenters. The first-order chi connectivity index (χ1) is 10.6. The van der Waals surface area contributed by atoms with Gasteiger partial charge < -0.3 is 14.2 Å². The standard InChI is InChI=1S/C16H20N4O2/c1-11-7-18-20(9-11)10-12(2)17-8-14-13(3)22-16(19-14)15-5-4-6-21-15/h4-7,9,12,17H,8,10H2,1-3H3. The zero-order valence-corrected chi connectivity index (χ0v) is 13.0. The Kier molecular flexibility index (Phi) is 4.11. The van der Waals surface area contributed by atoms with Gasteiger partial charge in [-0.25, -0.2) is 4.98 Å². The minimum atomic E-state index is 0.280. The van der Waals surface area contributed by atoms with E-state index in [4.69, 9.17) is 8.83 Å². The zero-order chi connectivity index (χ0) is 15.5. The van der Waals surface area contributed by atoms with E-state index in [0.29, 0.717) is 18.2 Å². The van der Waals surface area contributed by atoms with E-state index in [1.54, 1.807) is 6.26 Å².